The standard InChI is InChI=1S/C13H16BrNO2S/c1-3-6-15-13(17)8-18-12-7-10(14)4-5-11(12)9(2)16/h4-5,7H,3,6,8H2,1-2H3,(H,15,17). The van der Waals surface area contributed by atoms with Crippen molar-refractivity contribution in [2.45, 2.75) is 25.2 Å². The molecule has 0 aliphatic rings. The van der Waals surface area contributed by atoms with E-state index in [0.717, 1.165) is 15.8 Å². The van der Waals surface area contributed by atoms with Gasteiger partial charge in [-0.25, -0.2) is 0 Å². The Hall–Kier alpha value is -0.810. The molecule has 0 aromatic heterocycles. The molecule has 0 heterocycles. The Balaban J connectivity index is 2.68. The van der Waals surface area contributed by atoms with E-state index in [9.17, 15) is 9.59 Å². The van der Waals surface area contributed by atoms with Crippen molar-refractivity contribution in [2.75, 3.05) is 12.3 Å². The van der Waals surface area contributed by atoms with Crippen molar-refractivity contribution >= 4 is 39.4 Å². The van der Waals surface area contributed by atoms with E-state index in [2.05, 4.69) is 21.2 Å². The van der Waals surface area contributed by atoms with Crippen LogP contribution in [0.1, 0.15) is 30.6 Å². The molecule has 0 bridgehead atoms. The van der Waals surface area contributed by atoms with Crippen molar-refractivity contribution in [3.05, 3.63) is 28.2 Å². The average Bonchev–Trinajstić information content (AvgIpc) is 2.33. The number of rotatable bonds is 6. The van der Waals surface area contributed by atoms with Crippen LogP contribution in [0.4, 0.5) is 0 Å². The van der Waals surface area contributed by atoms with Gasteiger partial charge in [-0.15, -0.1) is 11.8 Å². The topological polar surface area (TPSA) is 46.2 Å². The predicted octanol–water partition coefficient (Wildman–Crippen LogP) is 3.27. The molecule has 0 aliphatic heterocycles. The molecule has 1 N–H and O–H groups in total. The van der Waals surface area contributed by atoms with Crippen LogP contribution in [-0.2, 0) is 4.79 Å². The van der Waals surface area contributed by atoms with Crippen LogP contribution in [-0.4, -0.2) is 24.0 Å². The first kappa shape index (κ1) is 15.2. The fourth-order valence-electron chi connectivity index (χ4n) is 1.37. The van der Waals surface area contributed by atoms with Crippen molar-refractivity contribution in [2.24, 2.45) is 0 Å². The smallest absolute Gasteiger partial charge is 0.230 e. The Morgan fingerprint density at radius 2 is 2.11 bits per heavy atom. The lowest BCUT2D eigenvalue weighted by atomic mass is 10.1. The number of hydrogen-bond donors (Lipinski definition) is 1. The summed E-state index contributed by atoms with van der Waals surface area (Å²) in [5.74, 6) is 0.340. The van der Waals surface area contributed by atoms with Gasteiger partial charge < -0.3 is 5.32 Å². The van der Waals surface area contributed by atoms with E-state index in [1.54, 1.807) is 6.07 Å². The lowest BCUT2D eigenvalue weighted by Gasteiger charge is -2.07. The minimum atomic E-state index is -0.00340. The van der Waals surface area contributed by atoms with Crippen molar-refractivity contribution in [3.63, 3.8) is 0 Å². The first-order valence-corrected chi connectivity index (χ1v) is 7.52. The van der Waals surface area contributed by atoms with E-state index >= 15 is 0 Å². The van der Waals surface area contributed by atoms with Crippen LogP contribution in [0, 0.1) is 0 Å². The number of thioether (sulfide) groups is 1. The van der Waals surface area contributed by atoms with Gasteiger partial charge in [0.05, 0.1) is 5.75 Å². The number of halogens is 1. The van der Waals surface area contributed by atoms with Crippen LogP contribution in [0.3, 0.4) is 0 Å². The molecule has 0 unspecified atom stereocenters. The van der Waals surface area contributed by atoms with E-state index in [-0.39, 0.29) is 11.7 Å². The summed E-state index contributed by atoms with van der Waals surface area (Å²) in [6, 6.07) is 5.48. The van der Waals surface area contributed by atoms with Crippen LogP contribution in [0.25, 0.3) is 0 Å². The largest absolute Gasteiger partial charge is 0.355 e. The van der Waals surface area contributed by atoms with Gasteiger partial charge >= 0.3 is 0 Å². The van der Waals surface area contributed by atoms with Crippen LogP contribution in [0.5, 0.6) is 0 Å². The summed E-state index contributed by atoms with van der Waals surface area (Å²) >= 11 is 4.75. The average molecular weight is 330 g/mol. The maximum atomic E-state index is 11.5. The summed E-state index contributed by atoms with van der Waals surface area (Å²) in [5.41, 5.74) is 0.659. The second-order valence-electron chi connectivity index (χ2n) is 3.84. The van der Waals surface area contributed by atoms with Gasteiger partial charge in [-0.3, -0.25) is 9.59 Å². The normalized spacial score (nSPS) is 10.2. The Morgan fingerprint density at radius 3 is 2.72 bits per heavy atom. The molecule has 3 nitrogen and oxygen atoms in total. The van der Waals surface area contributed by atoms with E-state index in [4.69, 9.17) is 0 Å². The molecule has 98 valence electrons. The first-order chi connectivity index (χ1) is 8.54. The molecule has 18 heavy (non-hydrogen) atoms. The molecule has 0 atom stereocenters. The van der Waals surface area contributed by atoms with Crippen molar-refractivity contribution < 1.29 is 9.59 Å². The molecule has 1 rings (SSSR count). The highest BCUT2D eigenvalue weighted by molar-refractivity contribution is 9.10. The fraction of sp³-hybridized carbons (Fsp3) is 0.385. The third-order valence-corrected chi connectivity index (χ3v) is 3.80. The summed E-state index contributed by atoms with van der Waals surface area (Å²) in [5, 5.41) is 2.81. The Labute approximate surface area is 120 Å². The molecule has 1 amide bonds. The molecule has 0 fully saturated rings. The number of amides is 1. The third kappa shape index (κ3) is 4.82. The monoisotopic (exact) mass is 329 g/mol. The molecule has 0 radical (unpaired) electrons. The number of benzene rings is 1. The molecule has 1 aromatic rings. The van der Waals surface area contributed by atoms with Gasteiger partial charge in [0.25, 0.3) is 0 Å². The third-order valence-electron chi connectivity index (χ3n) is 2.25. The van der Waals surface area contributed by atoms with E-state index in [1.807, 2.05) is 19.1 Å². The van der Waals surface area contributed by atoms with Crippen molar-refractivity contribution in [1.82, 2.24) is 5.32 Å². The van der Waals surface area contributed by atoms with Crippen LogP contribution >= 0.6 is 27.7 Å². The first-order valence-electron chi connectivity index (χ1n) is 5.74. The highest BCUT2D eigenvalue weighted by atomic mass is 79.9. The van der Waals surface area contributed by atoms with Crippen LogP contribution in [0.2, 0.25) is 0 Å². The van der Waals surface area contributed by atoms with Gasteiger partial charge in [0, 0.05) is 21.5 Å². The second-order valence-corrected chi connectivity index (χ2v) is 5.77. The van der Waals surface area contributed by atoms with Gasteiger partial charge in [-0.1, -0.05) is 22.9 Å². The SMILES string of the molecule is CCCNC(=O)CSc1cc(Br)ccc1C(C)=O. The van der Waals surface area contributed by atoms with Gasteiger partial charge in [-0.2, -0.15) is 0 Å². The number of Topliss-reactive ketones (excluding diaryl/α,β-unsaturated/α-hetero) is 1. The van der Waals surface area contributed by atoms with Gasteiger partial charge in [0.15, 0.2) is 5.78 Å². The van der Waals surface area contributed by atoms with Gasteiger partial charge in [-0.05, 0) is 31.5 Å². The molecular weight excluding hydrogens is 314 g/mol. The zero-order valence-corrected chi connectivity index (χ0v) is 12.9. The Kier molecular flexibility index (Phi) is 6.43. The van der Waals surface area contributed by atoms with E-state index in [0.29, 0.717) is 17.9 Å². The molecule has 0 saturated heterocycles. The predicted molar refractivity (Wildman–Crippen MR) is 78.2 cm³/mol. The zero-order chi connectivity index (χ0) is 13.5. The maximum absolute atomic E-state index is 11.5. The van der Waals surface area contributed by atoms with Gasteiger partial charge in [0.1, 0.15) is 0 Å². The molecular formula is C13H16BrNO2S. The fourth-order valence-corrected chi connectivity index (χ4v) is 2.84. The summed E-state index contributed by atoms with van der Waals surface area (Å²) in [6.07, 6.45) is 0.923. The summed E-state index contributed by atoms with van der Waals surface area (Å²) in [4.78, 5) is 23.8. The summed E-state index contributed by atoms with van der Waals surface area (Å²) < 4.78 is 0.906. The highest BCUT2D eigenvalue weighted by Gasteiger charge is 2.10. The number of carbonyl (C=O) groups is 2. The zero-order valence-electron chi connectivity index (χ0n) is 10.5. The lowest BCUT2D eigenvalue weighted by Crippen LogP contribution is -2.25. The highest BCUT2D eigenvalue weighted by Crippen LogP contribution is 2.26. The molecule has 0 spiro atoms. The maximum Gasteiger partial charge on any atom is 0.230 e. The molecule has 0 aliphatic carbocycles. The van der Waals surface area contributed by atoms with Gasteiger partial charge in [0.2, 0.25) is 5.91 Å². The summed E-state index contributed by atoms with van der Waals surface area (Å²) in [7, 11) is 0. The lowest BCUT2D eigenvalue weighted by molar-refractivity contribution is -0.118. The number of hydrogen-bond acceptors (Lipinski definition) is 3. The second kappa shape index (κ2) is 7.59. The van der Waals surface area contributed by atoms with E-state index in [1.165, 1.54) is 18.7 Å². The van der Waals surface area contributed by atoms with E-state index < -0.39 is 0 Å². The van der Waals surface area contributed by atoms with Crippen LogP contribution in [0.15, 0.2) is 27.6 Å². The molecule has 1 aromatic carbocycles. The number of nitrogens with one attached hydrogen (secondary N) is 1. The Morgan fingerprint density at radius 1 is 1.39 bits per heavy atom. The summed E-state index contributed by atoms with van der Waals surface area (Å²) in [6.45, 7) is 4.23. The minimum Gasteiger partial charge on any atom is -0.355 e. The van der Waals surface area contributed by atoms with Crippen molar-refractivity contribution in [1.29, 1.82) is 0 Å². The quantitative estimate of drug-likeness (QED) is 0.643. The molecule has 5 heteroatoms. The minimum absolute atomic E-state index is 0.00340. The van der Waals surface area contributed by atoms with Crippen molar-refractivity contribution in [3.8, 4) is 0 Å². The number of ketones is 1. The molecule has 0 saturated carbocycles. The van der Waals surface area contributed by atoms with Crippen LogP contribution < -0.4 is 5.32 Å². The Bertz CT molecular complexity index is 449. The number of carbonyl (C=O) groups excluding carboxylic acids is 2.